The minimum absolute atomic E-state index is 0.309. The molecule has 0 amide bonds. The summed E-state index contributed by atoms with van der Waals surface area (Å²) in [5.74, 6) is -1.29. The number of aliphatic carboxylic acids is 1. The maximum absolute atomic E-state index is 10.9. The average molecular weight is 206 g/mol. The highest BCUT2D eigenvalue weighted by molar-refractivity contribution is 5.70. The summed E-state index contributed by atoms with van der Waals surface area (Å²) in [6.07, 6.45) is 1.97. The number of benzene rings is 1. The lowest BCUT2D eigenvalue weighted by atomic mass is 9.95. The van der Waals surface area contributed by atoms with Crippen molar-refractivity contribution in [2.45, 2.75) is 19.3 Å². The monoisotopic (exact) mass is 206 g/mol. The van der Waals surface area contributed by atoms with Crippen LogP contribution in [0.4, 0.5) is 0 Å². The zero-order valence-electron chi connectivity index (χ0n) is 8.43. The van der Waals surface area contributed by atoms with E-state index in [0.29, 0.717) is 19.3 Å². The molecule has 0 saturated heterocycles. The highest BCUT2D eigenvalue weighted by Gasteiger charge is 2.16. The van der Waals surface area contributed by atoms with Gasteiger partial charge in [0.15, 0.2) is 0 Å². The number of hydrogen-bond acceptors (Lipinski definition) is 2. The van der Waals surface area contributed by atoms with E-state index in [1.54, 1.807) is 0 Å². The molecule has 0 radical (unpaired) electrons. The van der Waals surface area contributed by atoms with Gasteiger partial charge in [-0.3, -0.25) is 4.79 Å². The summed E-state index contributed by atoms with van der Waals surface area (Å²) in [5, 5.41) is 8.95. The topological polar surface area (TPSA) is 54.4 Å². The normalized spacial score (nSPS) is 12.0. The summed E-state index contributed by atoms with van der Waals surface area (Å²) in [4.78, 5) is 21.1. The SMILES string of the molecule is O=CCCC(Cc1ccccc1)C(=O)O. The van der Waals surface area contributed by atoms with Crippen molar-refractivity contribution in [3.05, 3.63) is 35.9 Å². The molecule has 0 aromatic heterocycles. The first-order chi connectivity index (χ1) is 7.24. The van der Waals surface area contributed by atoms with Crippen molar-refractivity contribution in [1.82, 2.24) is 0 Å². The maximum atomic E-state index is 10.9. The van der Waals surface area contributed by atoms with E-state index in [2.05, 4.69) is 0 Å². The van der Waals surface area contributed by atoms with Gasteiger partial charge in [0.2, 0.25) is 0 Å². The number of rotatable bonds is 6. The Hall–Kier alpha value is -1.64. The zero-order valence-corrected chi connectivity index (χ0v) is 8.43. The summed E-state index contributed by atoms with van der Waals surface area (Å²) in [6, 6.07) is 9.46. The molecule has 3 nitrogen and oxygen atoms in total. The van der Waals surface area contributed by atoms with E-state index in [0.717, 1.165) is 11.8 Å². The van der Waals surface area contributed by atoms with Crippen molar-refractivity contribution in [2.75, 3.05) is 0 Å². The Bertz CT molecular complexity index is 319. The molecule has 15 heavy (non-hydrogen) atoms. The Balaban J connectivity index is 2.58. The summed E-state index contributed by atoms with van der Waals surface area (Å²) in [7, 11) is 0. The molecule has 1 rings (SSSR count). The molecule has 80 valence electrons. The Labute approximate surface area is 88.7 Å². The fourth-order valence-corrected chi connectivity index (χ4v) is 1.48. The van der Waals surface area contributed by atoms with Crippen LogP contribution < -0.4 is 0 Å². The van der Waals surface area contributed by atoms with E-state index >= 15 is 0 Å². The molecule has 0 bridgehead atoms. The number of carboxylic acid groups (broad SMARTS) is 1. The number of carboxylic acids is 1. The molecule has 0 aliphatic carbocycles. The molecule has 0 aliphatic rings. The molecule has 0 saturated carbocycles. The van der Waals surface area contributed by atoms with E-state index in [4.69, 9.17) is 5.11 Å². The largest absolute Gasteiger partial charge is 0.481 e. The van der Waals surface area contributed by atoms with Crippen LogP contribution in [0.2, 0.25) is 0 Å². The van der Waals surface area contributed by atoms with Crippen molar-refractivity contribution >= 4 is 12.3 Å². The highest BCUT2D eigenvalue weighted by Crippen LogP contribution is 2.13. The van der Waals surface area contributed by atoms with E-state index in [1.165, 1.54) is 0 Å². The number of carbonyl (C=O) groups excluding carboxylic acids is 1. The van der Waals surface area contributed by atoms with E-state index in [-0.39, 0.29) is 0 Å². The molecular formula is C12H14O3. The van der Waals surface area contributed by atoms with E-state index < -0.39 is 11.9 Å². The summed E-state index contributed by atoms with van der Waals surface area (Å²) < 4.78 is 0. The van der Waals surface area contributed by atoms with Gasteiger partial charge in [-0.2, -0.15) is 0 Å². The number of aldehydes is 1. The van der Waals surface area contributed by atoms with Crippen molar-refractivity contribution < 1.29 is 14.7 Å². The lowest BCUT2D eigenvalue weighted by Gasteiger charge is -2.10. The van der Waals surface area contributed by atoms with Crippen molar-refractivity contribution in [2.24, 2.45) is 5.92 Å². The summed E-state index contributed by atoms with van der Waals surface area (Å²) in [5.41, 5.74) is 0.996. The van der Waals surface area contributed by atoms with Crippen LogP contribution in [-0.2, 0) is 16.0 Å². The van der Waals surface area contributed by atoms with Crippen LogP contribution >= 0.6 is 0 Å². The van der Waals surface area contributed by atoms with Crippen LogP contribution in [0, 0.1) is 5.92 Å². The Kier molecular flexibility index (Phi) is 4.54. The Morgan fingerprint density at radius 1 is 1.33 bits per heavy atom. The Morgan fingerprint density at radius 2 is 2.00 bits per heavy atom. The molecule has 3 heteroatoms. The quantitative estimate of drug-likeness (QED) is 0.723. The van der Waals surface area contributed by atoms with Gasteiger partial charge >= 0.3 is 5.97 Å². The van der Waals surface area contributed by atoms with Crippen LogP contribution in [0.15, 0.2) is 30.3 Å². The van der Waals surface area contributed by atoms with Crippen LogP contribution in [0.3, 0.4) is 0 Å². The minimum Gasteiger partial charge on any atom is -0.481 e. The van der Waals surface area contributed by atoms with Gasteiger partial charge in [0.25, 0.3) is 0 Å². The van der Waals surface area contributed by atoms with Gasteiger partial charge in [0, 0.05) is 6.42 Å². The molecule has 1 aromatic rings. The molecule has 1 N–H and O–H groups in total. The molecule has 1 aromatic carbocycles. The van der Waals surface area contributed by atoms with Crippen LogP contribution in [-0.4, -0.2) is 17.4 Å². The molecule has 1 atom stereocenters. The van der Waals surface area contributed by atoms with E-state index in [1.807, 2.05) is 30.3 Å². The molecule has 0 spiro atoms. The highest BCUT2D eigenvalue weighted by atomic mass is 16.4. The first-order valence-corrected chi connectivity index (χ1v) is 4.94. The minimum atomic E-state index is -0.833. The lowest BCUT2D eigenvalue weighted by Crippen LogP contribution is -2.16. The fraction of sp³-hybridized carbons (Fsp3) is 0.333. The molecule has 0 aliphatic heterocycles. The lowest BCUT2D eigenvalue weighted by molar-refractivity contribution is -0.141. The summed E-state index contributed by atoms with van der Waals surface area (Å²) >= 11 is 0. The van der Waals surface area contributed by atoms with Gasteiger partial charge in [-0.1, -0.05) is 30.3 Å². The number of carbonyl (C=O) groups is 2. The fourth-order valence-electron chi connectivity index (χ4n) is 1.48. The van der Waals surface area contributed by atoms with Gasteiger partial charge in [0.05, 0.1) is 5.92 Å². The number of hydrogen-bond donors (Lipinski definition) is 1. The average Bonchev–Trinajstić information content (AvgIpc) is 2.25. The third-order valence-corrected chi connectivity index (χ3v) is 2.31. The standard InChI is InChI=1S/C12H14O3/c13-8-4-7-11(12(14)15)9-10-5-2-1-3-6-10/h1-3,5-6,8,11H,4,7,9H2,(H,14,15). The van der Waals surface area contributed by atoms with Crippen molar-refractivity contribution in [1.29, 1.82) is 0 Å². The van der Waals surface area contributed by atoms with Crippen LogP contribution in [0.5, 0.6) is 0 Å². The predicted molar refractivity (Wildman–Crippen MR) is 56.6 cm³/mol. The molecular weight excluding hydrogens is 192 g/mol. The van der Waals surface area contributed by atoms with Gasteiger partial charge in [0.1, 0.15) is 6.29 Å². The second-order valence-corrected chi connectivity index (χ2v) is 3.47. The molecule has 1 unspecified atom stereocenters. The van der Waals surface area contributed by atoms with Gasteiger partial charge in [-0.25, -0.2) is 0 Å². The predicted octanol–water partition coefficient (Wildman–Crippen LogP) is 1.91. The summed E-state index contributed by atoms with van der Waals surface area (Å²) in [6.45, 7) is 0. The molecule has 0 fully saturated rings. The first-order valence-electron chi connectivity index (χ1n) is 4.94. The maximum Gasteiger partial charge on any atom is 0.306 e. The van der Waals surface area contributed by atoms with Crippen molar-refractivity contribution in [3.63, 3.8) is 0 Å². The van der Waals surface area contributed by atoms with Crippen molar-refractivity contribution in [3.8, 4) is 0 Å². The zero-order chi connectivity index (χ0) is 11.1. The van der Waals surface area contributed by atoms with Crippen LogP contribution in [0.25, 0.3) is 0 Å². The first kappa shape index (κ1) is 11.4. The molecule has 0 heterocycles. The van der Waals surface area contributed by atoms with Gasteiger partial charge in [-0.15, -0.1) is 0 Å². The van der Waals surface area contributed by atoms with Gasteiger partial charge in [-0.05, 0) is 18.4 Å². The smallest absolute Gasteiger partial charge is 0.306 e. The van der Waals surface area contributed by atoms with Crippen LogP contribution in [0.1, 0.15) is 18.4 Å². The third-order valence-electron chi connectivity index (χ3n) is 2.31. The second kappa shape index (κ2) is 5.96. The third kappa shape index (κ3) is 3.94. The van der Waals surface area contributed by atoms with Gasteiger partial charge < -0.3 is 9.90 Å². The second-order valence-electron chi connectivity index (χ2n) is 3.47. The van der Waals surface area contributed by atoms with E-state index in [9.17, 15) is 9.59 Å². The Morgan fingerprint density at radius 3 is 2.53 bits per heavy atom.